The first-order chi connectivity index (χ1) is 16.3. The molecular formula is C26H32ClN5OS. The molecular weight excluding hydrogens is 466 g/mol. The van der Waals surface area contributed by atoms with Crippen molar-refractivity contribution in [1.82, 2.24) is 19.6 Å². The zero-order valence-corrected chi connectivity index (χ0v) is 21.6. The fraction of sp³-hybridized carbons (Fsp3) is 0.423. The molecule has 0 aliphatic carbocycles. The number of anilines is 1. The Kier molecular flexibility index (Phi) is 7.86. The summed E-state index contributed by atoms with van der Waals surface area (Å²) in [7, 11) is 0. The average molecular weight is 498 g/mol. The zero-order valence-electron chi connectivity index (χ0n) is 20.1. The van der Waals surface area contributed by atoms with Crippen LogP contribution >= 0.6 is 23.1 Å². The second-order valence-electron chi connectivity index (χ2n) is 9.71. The lowest BCUT2D eigenvalue weighted by Crippen LogP contribution is -2.48. The third-order valence-electron chi connectivity index (χ3n) is 6.10. The topological polar surface area (TPSA) is 61.4 Å². The maximum atomic E-state index is 12.5. The van der Waals surface area contributed by atoms with E-state index in [2.05, 4.69) is 40.3 Å². The van der Waals surface area contributed by atoms with Crippen LogP contribution in [0.15, 0.2) is 48.5 Å². The number of piperazine rings is 1. The molecule has 1 aromatic heterocycles. The summed E-state index contributed by atoms with van der Waals surface area (Å²) < 4.78 is 4.54. The van der Waals surface area contributed by atoms with Gasteiger partial charge in [-0.25, -0.2) is 4.98 Å². The van der Waals surface area contributed by atoms with Crippen LogP contribution in [0.5, 0.6) is 0 Å². The van der Waals surface area contributed by atoms with Gasteiger partial charge in [-0.05, 0) is 40.8 Å². The van der Waals surface area contributed by atoms with Gasteiger partial charge in [-0.2, -0.15) is 4.37 Å². The van der Waals surface area contributed by atoms with Gasteiger partial charge in [-0.3, -0.25) is 9.69 Å². The molecule has 34 heavy (non-hydrogen) atoms. The molecule has 8 heteroatoms. The molecule has 3 aromatic rings. The van der Waals surface area contributed by atoms with E-state index in [0.717, 1.165) is 54.3 Å². The van der Waals surface area contributed by atoms with E-state index >= 15 is 0 Å². The Morgan fingerprint density at radius 2 is 1.71 bits per heavy atom. The SMILES string of the molecule is CC(C)(C)c1ccc(C(=O)NCCN2CCN(c3nc(Cc4ccc(Cl)cc4)ns3)CC2)cc1. The smallest absolute Gasteiger partial charge is 0.251 e. The van der Waals surface area contributed by atoms with Gasteiger partial charge in [0.1, 0.15) is 5.82 Å². The van der Waals surface area contributed by atoms with Gasteiger partial charge in [0.25, 0.3) is 5.91 Å². The van der Waals surface area contributed by atoms with Crippen LogP contribution in [-0.4, -0.2) is 59.4 Å². The van der Waals surface area contributed by atoms with E-state index in [-0.39, 0.29) is 11.3 Å². The van der Waals surface area contributed by atoms with Crippen LogP contribution in [0.25, 0.3) is 0 Å². The molecule has 1 saturated heterocycles. The molecule has 0 unspecified atom stereocenters. The molecule has 1 fully saturated rings. The summed E-state index contributed by atoms with van der Waals surface area (Å²) >= 11 is 7.43. The van der Waals surface area contributed by atoms with E-state index in [9.17, 15) is 4.79 Å². The minimum atomic E-state index is -0.0128. The number of halogens is 1. The molecule has 180 valence electrons. The van der Waals surface area contributed by atoms with Crippen molar-refractivity contribution >= 4 is 34.2 Å². The van der Waals surface area contributed by atoms with Gasteiger partial charge in [0.2, 0.25) is 5.13 Å². The van der Waals surface area contributed by atoms with Gasteiger partial charge in [-0.1, -0.05) is 56.6 Å². The van der Waals surface area contributed by atoms with E-state index in [4.69, 9.17) is 16.6 Å². The summed E-state index contributed by atoms with van der Waals surface area (Å²) in [5.74, 6) is 0.837. The molecule has 0 spiro atoms. The molecule has 0 atom stereocenters. The quantitative estimate of drug-likeness (QED) is 0.515. The molecule has 6 nitrogen and oxygen atoms in total. The number of nitrogens with one attached hydrogen (secondary N) is 1. The summed E-state index contributed by atoms with van der Waals surface area (Å²) in [5, 5.41) is 4.78. The number of hydrogen-bond donors (Lipinski definition) is 1. The highest BCUT2D eigenvalue weighted by Gasteiger charge is 2.20. The maximum Gasteiger partial charge on any atom is 0.251 e. The van der Waals surface area contributed by atoms with Gasteiger partial charge < -0.3 is 10.2 Å². The van der Waals surface area contributed by atoms with Crippen LogP contribution in [0, 0.1) is 0 Å². The van der Waals surface area contributed by atoms with Crippen molar-refractivity contribution < 1.29 is 4.79 Å². The van der Waals surface area contributed by atoms with Crippen LogP contribution in [0.2, 0.25) is 5.02 Å². The Balaban J connectivity index is 1.19. The van der Waals surface area contributed by atoms with Crippen molar-refractivity contribution in [1.29, 1.82) is 0 Å². The second-order valence-corrected chi connectivity index (χ2v) is 10.9. The molecule has 0 bridgehead atoms. The van der Waals surface area contributed by atoms with Crippen molar-refractivity contribution in [3.8, 4) is 0 Å². The number of nitrogens with zero attached hydrogens (tertiary/aromatic N) is 4. The van der Waals surface area contributed by atoms with Crippen LogP contribution in [0.4, 0.5) is 5.13 Å². The Morgan fingerprint density at radius 3 is 2.35 bits per heavy atom. The second kappa shape index (κ2) is 10.8. The Labute approximate surface area is 211 Å². The minimum Gasteiger partial charge on any atom is -0.351 e. The predicted molar refractivity (Wildman–Crippen MR) is 140 cm³/mol. The molecule has 2 heterocycles. The van der Waals surface area contributed by atoms with Gasteiger partial charge in [0.05, 0.1) is 0 Å². The molecule has 1 amide bonds. The lowest BCUT2D eigenvalue weighted by molar-refractivity contribution is 0.0947. The summed E-state index contributed by atoms with van der Waals surface area (Å²) in [6.45, 7) is 11.7. The summed E-state index contributed by atoms with van der Waals surface area (Å²) in [5.41, 5.74) is 3.19. The molecule has 4 rings (SSSR count). The first-order valence-electron chi connectivity index (χ1n) is 11.7. The normalized spacial score (nSPS) is 14.9. The number of benzene rings is 2. The lowest BCUT2D eigenvalue weighted by Gasteiger charge is -2.34. The van der Waals surface area contributed by atoms with E-state index in [1.807, 2.05) is 48.5 Å². The first kappa shape index (κ1) is 24.6. The van der Waals surface area contributed by atoms with Crippen molar-refractivity contribution in [2.75, 3.05) is 44.2 Å². The highest BCUT2D eigenvalue weighted by Crippen LogP contribution is 2.23. The maximum absolute atomic E-state index is 12.5. The molecule has 2 aromatic carbocycles. The number of carbonyl (C=O) groups is 1. The largest absolute Gasteiger partial charge is 0.351 e. The van der Waals surface area contributed by atoms with E-state index in [1.165, 1.54) is 17.1 Å². The van der Waals surface area contributed by atoms with Gasteiger partial charge in [0.15, 0.2) is 0 Å². The Morgan fingerprint density at radius 1 is 1.03 bits per heavy atom. The molecule has 0 radical (unpaired) electrons. The summed E-state index contributed by atoms with van der Waals surface area (Å²) in [4.78, 5) is 21.9. The van der Waals surface area contributed by atoms with Crippen LogP contribution in [0.3, 0.4) is 0 Å². The minimum absolute atomic E-state index is 0.0128. The fourth-order valence-corrected chi connectivity index (χ4v) is 4.81. The molecule has 1 aliphatic heterocycles. The standard InChI is InChI=1S/C26H32ClN5OS/c1-26(2,3)21-8-6-20(7-9-21)24(33)28-12-13-31-14-16-32(17-15-31)25-29-23(30-34-25)18-19-4-10-22(27)11-5-19/h4-11H,12-18H2,1-3H3,(H,28,33). The summed E-state index contributed by atoms with van der Waals surface area (Å²) in [6, 6.07) is 15.7. The van der Waals surface area contributed by atoms with Crippen LogP contribution in [0.1, 0.15) is 48.1 Å². The fourth-order valence-electron chi connectivity index (χ4n) is 3.94. The molecule has 1 aliphatic rings. The number of rotatable bonds is 7. The van der Waals surface area contributed by atoms with E-state index in [1.54, 1.807) is 0 Å². The Bertz CT molecular complexity index is 1080. The third kappa shape index (κ3) is 6.56. The van der Waals surface area contributed by atoms with E-state index < -0.39 is 0 Å². The Hall–Kier alpha value is -2.48. The highest BCUT2D eigenvalue weighted by atomic mass is 35.5. The summed E-state index contributed by atoms with van der Waals surface area (Å²) in [6.07, 6.45) is 0.715. The monoisotopic (exact) mass is 497 g/mol. The lowest BCUT2D eigenvalue weighted by atomic mass is 9.87. The van der Waals surface area contributed by atoms with E-state index in [0.29, 0.717) is 18.5 Å². The molecule has 0 saturated carbocycles. The van der Waals surface area contributed by atoms with Gasteiger partial charge in [0, 0.05) is 67.8 Å². The number of aromatic nitrogens is 2. The van der Waals surface area contributed by atoms with Gasteiger partial charge in [-0.15, -0.1) is 0 Å². The van der Waals surface area contributed by atoms with Crippen LogP contribution in [-0.2, 0) is 11.8 Å². The third-order valence-corrected chi connectivity index (χ3v) is 7.17. The van der Waals surface area contributed by atoms with Crippen molar-refractivity contribution in [2.24, 2.45) is 0 Å². The zero-order chi connectivity index (χ0) is 24.1. The average Bonchev–Trinajstić information content (AvgIpc) is 3.29. The predicted octanol–water partition coefficient (Wildman–Crippen LogP) is 4.63. The van der Waals surface area contributed by atoms with Crippen LogP contribution < -0.4 is 10.2 Å². The first-order valence-corrected chi connectivity index (χ1v) is 12.9. The van der Waals surface area contributed by atoms with Crippen molar-refractivity contribution in [3.05, 3.63) is 76.1 Å². The van der Waals surface area contributed by atoms with Gasteiger partial charge >= 0.3 is 0 Å². The number of amides is 1. The number of hydrogen-bond acceptors (Lipinski definition) is 6. The number of carbonyl (C=O) groups excluding carboxylic acids is 1. The molecule has 1 N–H and O–H groups in total. The van der Waals surface area contributed by atoms with Crippen molar-refractivity contribution in [2.45, 2.75) is 32.6 Å². The highest BCUT2D eigenvalue weighted by molar-refractivity contribution is 7.09. The van der Waals surface area contributed by atoms with Crippen molar-refractivity contribution in [3.63, 3.8) is 0 Å².